The van der Waals surface area contributed by atoms with E-state index in [-0.39, 0.29) is 24.2 Å². The lowest BCUT2D eigenvalue weighted by Crippen LogP contribution is -2.28. The zero-order valence-corrected chi connectivity index (χ0v) is 17.5. The van der Waals surface area contributed by atoms with E-state index in [9.17, 15) is 9.18 Å². The van der Waals surface area contributed by atoms with Crippen LogP contribution in [-0.2, 0) is 17.8 Å². The zero-order valence-electron chi connectivity index (χ0n) is 17.5. The third-order valence-electron chi connectivity index (χ3n) is 5.59. The average Bonchev–Trinajstić information content (AvgIpc) is 3.46. The minimum Gasteiger partial charge on any atom is -0.497 e. The number of hydrogen-bond acceptors (Lipinski definition) is 4. The van der Waals surface area contributed by atoms with Gasteiger partial charge in [-0.15, -0.1) is 0 Å². The lowest BCUT2D eigenvalue weighted by Gasteiger charge is -2.16. The van der Waals surface area contributed by atoms with Crippen LogP contribution in [0.25, 0.3) is 0 Å². The number of aryl methyl sites for hydroxylation is 1. The molecule has 0 unspecified atom stereocenters. The first-order valence-electron chi connectivity index (χ1n) is 10.4. The van der Waals surface area contributed by atoms with Crippen molar-refractivity contribution in [3.8, 4) is 11.5 Å². The molecule has 1 amide bonds. The van der Waals surface area contributed by atoms with E-state index < -0.39 is 0 Å². The molecule has 1 aliphatic heterocycles. The van der Waals surface area contributed by atoms with Crippen LogP contribution in [0.3, 0.4) is 0 Å². The second kappa shape index (κ2) is 9.64. The number of benzene rings is 2. The molecule has 31 heavy (non-hydrogen) atoms. The molecule has 0 aliphatic carbocycles. The summed E-state index contributed by atoms with van der Waals surface area (Å²) in [5.74, 6) is 1.35. The van der Waals surface area contributed by atoms with Crippen molar-refractivity contribution in [3.63, 3.8) is 0 Å². The molecule has 4 rings (SSSR count). The average molecular weight is 423 g/mol. The lowest BCUT2D eigenvalue weighted by atomic mass is 10.1. The number of hydrogen-bond donors (Lipinski definition) is 1. The van der Waals surface area contributed by atoms with E-state index in [2.05, 4.69) is 10.2 Å². The molecule has 0 spiro atoms. The van der Waals surface area contributed by atoms with Gasteiger partial charge in [-0.3, -0.25) is 9.89 Å². The number of rotatable bonds is 8. The van der Waals surface area contributed by atoms with Gasteiger partial charge in [0.15, 0.2) is 0 Å². The Morgan fingerprint density at radius 1 is 1.19 bits per heavy atom. The number of aromatic nitrogens is 2. The summed E-state index contributed by atoms with van der Waals surface area (Å²) in [5, 5.41) is 7.39. The fraction of sp³-hybridized carbons (Fsp3) is 0.333. The summed E-state index contributed by atoms with van der Waals surface area (Å²) >= 11 is 0. The van der Waals surface area contributed by atoms with Gasteiger partial charge in [-0.05, 0) is 48.7 Å². The Labute approximate surface area is 181 Å². The maximum atomic E-state index is 13.2. The number of nitrogens with zero attached hydrogens (tertiary/aromatic N) is 2. The molecule has 3 aromatic rings. The van der Waals surface area contributed by atoms with Crippen molar-refractivity contribution in [3.05, 3.63) is 77.4 Å². The number of amides is 1. The highest BCUT2D eigenvalue weighted by atomic mass is 19.1. The number of ether oxygens (including phenoxy) is 2. The highest BCUT2D eigenvalue weighted by Crippen LogP contribution is 2.27. The predicted molar refractivity (Wildman–Crippen MR) is 115 cm³/mol. The van der Waals surface area contributed by atoms with Crippen molar-refractivity contribution in [1.82, 2.24) is 15.1 Å². The molecule has 1 aliphatic rings. The van der Waals surface area contributed by atoms with Crippen LogP contribution >= 0.6 is 0 Å². The highest BCUT2D eigenvalue weighted by molar-refractivity contribution is 5.76. The fourth-order valence-corrected chi connectivity index (χ4v) is 3.81. The van der Waals surface area contributed by atoms with Crippen molar-refractivity contribution in [1.29, 1.82) is 0 Å². The quantitative estimate of drug-likeness (QED) is 0.593. The number of carbonyl (C=O) groups excluding carboxylic acids is 1. The van der Waals surface area contributed by atoms with Gasteiger partial charge in [-0.2, -0.15) is 5.10 Å². The molecule has 2 aromatic carbocycles. The highest BCUT2D eigenvalue weighted by Gasteiger charge is 2.28. The molecule has 1 saturated heterocycles. The lowest BCUT2D eigenvalue weighted by molar-refractivity contribution is -0.130. The third-order valence-corrected chi connectivity index (χ3v) is 5.59. The van der Waals surface area contributed by atoms with Crippen molar-refractivity contribution < 1.29 is 18.7 Å². The molecule has 2 heterocycles. The summed E-state index contributed by atoms with van der Waals surface area (Å²) in [4.78, 5) is 14.6. The van der Waals surface area contributed by atoms with Crippen molar-refractivity contribution >= 4 is 5.91 Å². The maximum absolute atomic E-state index is 13.2. The first-order chi connectivity index (χ1) is 15.1. The molecule has 7 heteroatoms. The van der Waals surface area contributed by atoms with Crippen LogP contribution in [0, 0.1) is 5.82 Å². The molecule has 162 valence electrons. The van der Waals surface area contributed by atoms with Crippen LogP contribution in [0.15, 0.2) is 54.6 Å². The Hall–Kier alpha value is -3.35. The molecule has 1 N–H and O–H groups in total. The summed E-state index contributed by atoms with van der Waals surface area (Å²) in [7, 11) is 1.64. The van der Waals surface area contributed by atoms with Gasteiger partial charge >= 0.3 is 0 Å². The Kier molecular flexibility index (Phi) is 6.50. The minimum absolute atomic E-state index is 0.170. The van der Waals surface area contributed by atoms with Gasteiger partial charge in [0.1, 0.15) is 23.9 Å². The van der Waals surface area contributed by atoms with Gasteiger partial charge in [0.25, 0.3) is 0 Å². The smallest absolute Gasteiger partial charge is 0.222 e. The Morgan fingerprint density at radius 2 is 2.03 bits per heavy atom. The Balaban J connectivity index is 1.26. The van der Waals surface area contributed by atoms with Crippen LogP contribution in [-0.4, -0.2) is 41.2 Å². The number of halogens is 1. The topological polar surface area (TPSA) is 67.4 Å². The van der Waals surface area contributed by atoms with E-state index in [0.717, 1.165) is 35.7 Å². The van der Waals surface area contributed by atoms with Crippen LogP contribution < -0.4 is 9.47 Å². The number of aromatic amines is 1. The maximum Gasteiger partial charge on any atom is 0.222 e. The molecule has 0 bridgehead atoms. The Morgan fingerprint density at radius 3 is 2.81 bits per heavy atom. The number of H-pyrrole nitrogens is 1. The van der Waals surface area contributed by atoms with Gasteiger partial charge in [0.2, 0.25) is 5.91 Å². The molecule has 6 nitrogen and oxygen atoms in total. The normalized spacial score (nSPS) is 15.8. The molecule has 1 aromatic heterocycles. The first-order valence-corrected chi connectivity index (χ1v) is 10.4. The van der Waals surface area contributed by atoms with Crippen LogP contribution in [0.4, 0.5) is 4.39 Å². The second-order valence-electron chi connectivity index (χ2n) is 7.74. The van der Waals surface area contributed by atoms with E-state index >= 15 is 0 Å². The molecular weight excluding hydrogens is 397 g/mol. The summed E-state index contributed by atoms with van der Waals surface area (Å²) < 4.78 is 24.0. The van der Waals surface area contributed by atoms with Crippen molar-refractivity contribution in [2.24, 2.45) is 0 Å². The molecule has 0 saturated carbocycles. The van der Waals surface area contributed by atoms with E-state index in [0.29, 0.717) is 25.1 Å². The van der Waals surface area contributed by atoms with Gasteiger partial charge in [0.05, 0.1) is 18.5 Å². The van der Waals surface area contributed by atoms with Gasteiger partial charge in [-0.1, -0.05) is 18.2 Å². The SMILES string of the molecule is COc1ccc(CCC(=O)N2CC[C@H](c3cc(COc4cccc(F)c4)[nH]n3)C2)cc1. The molecule has 1 atom stereocenters. The number of nitrogens with one attached hydrogen (secondary N) is 1. The van der Waals surface area contributed by atoms with Gasteiger partial charge in [0, 0.05) is 31.5 Å². The molecular formula is C24H26FN3O3. The summed E-state index contributed by atoms with van der Waals surface area (Å²) in [5.41, 5.74) is 2.88. The summed E-state index contributed by atoms with van der Waals surface area (Å²) in [6.07, 6.45) is 2.10. The van der Waals surface area contributed by atoms with Crippen LogP contribution in [0.5, 0.6) is 11.5 Å². The monoisotopic (exact) mass is 423 g/mol. The van der Waals surface area contributed by atoms with Gasteiger partial charge in [-0.25, -0.2) is 4.39 Å². The molecule has 0 radical (unpaired) electrons. The predicted octanol–water partition coefficient (Wildman–Crippen LogP) is 4.09. The van der Waals surface area contributed by atoms with Gasteiger partial charge < -0.3 is 14.4 Å². The van der Waals surface area contributed by atoms with E-state index in [1.54, 1.807) is 19.2 Å². The van der Waals surface area contributed by atoms with Crippen LogP contribution in [0.2, 0.25) is 0 Å². The standard InChI is InChI=1S/C24H26FN3O3/c1-30-21-8-5-17(6-9-21)7-10-24(29)28-12-11-18(15-28)23-14-20(26-27-23)16-31-22-4-2-3-19(25)13-22/h2-6,8-9,13-14,18H,7,10-12,15-16H2,1H3,(H,26,27)/t18-/m0/s1. The number of likely N-dealkylation sites (tertiary alicyclic amines) is 1. The number of methoxy groups -OCH3 is 1. The second-order valence-corrected chi connectivity index (χ2v) is 7.74. The minimum atomic E-state index is -0.328. The van der Waals surface area contributed by atoms with Crippen molar-refractivity contribution in [2.45, 2.75) is 31.8 Å². The van der Waals surface area contributed by atoms with Crippen molar-refractivity contribution in [2.75, 3.05) is 20.2 Å². The zero-order chi connectivity index (χ0) is 21.6. The largest absolute Gasteiger partial charge is 0.497 e. The number of carbonyl (C=O) groups is 1. The van der Waals surface area contributed by atoms with Crippen LogP contribution in [0.1, 0.15) is 35.7 Å². The molecule has 1 fully saturated rings. The Bertz CT molecular complexity index is 1020. The summed E-state index contributed by atoms with van der Waals surface area (Å²) in [6, 6.07) is 15.8. The first kappa shape index (κ1) is 20.9. The van der Waals surface area contributed by atoms with E-state index in [4.69, 9.17) is 9.47 Å². The summed E-state index contributed by atoms with van der Waals surface area (Å²) in [6.45, 7) is 1.71. The van der Waals surface area contributed by atoms with E-state index in [1.807, 2.05) is 35.2 Å². The third kappa shape index (κ3) is 5.42. The van der Waals surface area contributed by atoms with E-state index in [1.165, 1.54) is 12.1 Å². The fourth-order valence-electron chi connectivity index (χ4n) is 3.81.